The van der Waals surface area contributed by atoms with E-state index in [0.29, 0.717) is 32.0 Å². The molecule has 1 atom stereocenters. The number of ether oxygens (including phenoxy) is 1. The van der Waals surface area contributed by atoms with Crippen LogP contribution in [-0.4, -0.2) is 43.2 Å². The Hall–Kier alpha value is -1.76. The molecule has 1 heterocycles. The van der Waals surface area contributed by atoms with Gasteiger partial charge >= 0.3 is 6.18 Å². The van der Waals surface area contributed by atoms with Gasteiger partial charge in [0.1, 0.15) is 6.04 Å². The number of carbonyl (C=O) groups excluding carboxylic acids is 1. The Morgan fingerprint density at radius 1 is 1.24 bits per heavy atom. The van der Waals surface area contributed by atoms with Crippen molar-refractivity contribution < 1.29 is 22.7 Å². The fourth-order valence-electron chi connectivity index (χ4n) is 2.12. The zero-order valence-corrected chi connectivity index (χ0v) is 11.6. The first-order chi connectivity index (χ1) is 9.88. The molecule has 1 aliphatic heterocycles. The molecule has 116 valence electrons. The summed E-state index contributed by atoms with van der Waals surface area (Å²) in [5.74, 6) is -0.0850. The Morgan fingerprint density at radius 2 is 1.81 bits per heavy atom. The van der Waals surface area contributed by atoms with E-state index in [4.69, 9.17) is 4.74 Å². The molecule has 1 fully saturated rings. The van der Waals surface area contributed by atoms with Gasteiger partial charge in [0.15, 0.2) is 0 Å². The highest BCUT2D eigenvalue weighted by Gasteiger charge is 2.30. The standard InChI is InChI=1S/C14H17F3N2O2/c1-10(13(20)19-6-8-21-9-7-19)18-12-4-2-11(3-5-12)14(15,16)17/h2-5,10,18H,6-9H2,1H3. The average Bonchev–Trinajstić information content (AvgIpc) is 2.47. The van der Waals surface area contributed by atoms with Gasteiger partial charge in [0.2, 0.25) is 5.91 Å². The summed E-state index contributed by atoms with van der Waals surface area (Å²) in [5.41, 5.74) is -0.225. The van der Waals surface area contributed by atoms with Crippen molar-refractivity contribution >= 4 is 11.6 Å². The van der Waals surface area contributed by atoms with E-state index in [-0.39, 0.29) is 5.91 Å². The summed E-state index contributed by atoms with van der Waals surface area (Å²) >= 11 is 0. The molecule has 0 radical (unpaired) electrons. The Balaban J connectivity index is 1.95. The molecule has 21 heavy (non-hydrogen) atoms. The van der Waals surface area contributed by atoms with Crippen LogP contribution in [0.5, 0.6) is 0 Å². The second kappa shape index (κ2) is 6.34. The molecule has 2 rings (SSSR count). The number of halogens is 3. The van der Waals surface area contributed by atoms with Gasteiger partial charge in [-0.15, -0.1) is 0 Å². The number of anilines is 1. The van der Waals surface area contributed by atoms with E-state index in [1.54, 1.807) is 11.8 Å². The van der Waals surface area contributed by atoms with E-state index in [9.17, 15) is 18.0 Å². The van der Waals surface area contributed by atoms with Crippen molar-refractivity contribution in [2.45, 2.75) is 19.1 Å². The molecular weight excluding hydrogens is 285 g/mol. The number of hydrogen-bond acceptors (Lipinski definition) is 3. The zero-order valence-electron chi connectivity index (χ0n) is 11.6. The molecule has 4 nitrogen and oxygen atoms in total. The minimum Gasteiger partial charge on any atom is -0.378 e. The fraction of sp³-hybridized carbons (Fsp3) is 0.500. The van der Waals surface area contributed by atoms with Gasteiger partial charge in [-0.25, -0.2) is 0 Å². The highest BCUT2D eigenvalue weighted by molar-refractivity contribution is 5.84. The van der Waals surface area contributed by atoms with Crippen molar-refractivity contribution in [3.8, 4) is 0 Å². The van der Waals surface area contributed by atoms with Crippen LogP contribution in [0.1, 0.15) is 12.5 Å². The molecule has 1 amide bonds. The fourth-order valence-corrected chi connectivity index (χ4v) is 2.12. The number of carbonyl (C=O) groups is 1. The monoisotopic (exact) mass is 302 g/mol. The van der Waals surface area contributed by atoms with Gasteiger partial charge in [0, 0.05) is 18.8 Å². The van der Waals surface area contributed by atoms with E-state index in [2.05, 4.69) is 5.32 Å². The molecule has 0 aromatic heterocycles. The van der Waals surface area contributed by atoms with Crippen LogP contribution in [-0.2, 0) is 15.7 Å². The Bertz CT molecular complexity index is 482. The minimum atomic E-state index is -4.35. The predicted octanol–water partition coefficient (Wildman–Crippen LogP) is 2.36. The molecule has 0 aliphatic carbocycles. The van der Waals surface area contributed by atoms with E-state index < -0.39 is 17.8 Å². The quantitative estimate of drug-likeness (QED) is 0.932. The van der Waals surface area contributed by atoms with Gasteiger partial charge in [0.05, 0.1) is 18.8 Å². The minimum absolute atomic E-state index is 0.0850. The maximum absolute atomic E-state index is 12.5. The summed E-state index contributed by atoms with van der Waals surface area (Å²) in [6, 6.07) is 4.14. The number of nitrogens with one attached hydrogen (secondary N) is 1. The van der Waals surface area contributed by atoms with Crippen molar-refractivity contribution in [1.29, 1.82) is 0 Å². The lowest BCUT2D eigenvalue weighted by atomic mass is 10.2. The third kappa shape index (κ3) is 4.10. The van der Waals surface area contributed by atoms with Crippen molar-refractivity contribution in [3.63, 3.8) is 0 Å². The van der Waals surface area contributed by atoms with Crippen LogP contribution in [0.15, 0.2) is 24.3 Å². The molecule has 0 bridgehead atoms. The molecule has 0 spiro atoms. The Kier molecular flexibility index (Phi) is 4.72. The Morgan fingerprint density at radius 3 is 2.33 bits per heavy atom. The summed E-state index contributed by atoms with van der Waals surface area (Å²) < 4.78 is 42.6. The van der Waals surface area contributed by atoms with Gasteiger partial charge in [-0.05, 0) is 31.2 Å². The van der Waals surface area contributed by atoms with Crippen molar-refractivity contribution in [2.75, 3.05) is 31.6 Å². The van der Waals surface area contributed by atoms with Gasteiger partial charge in [-0.2, -0.15) is 13.2 Å². The molecule has 1 aliphatic rings. The molecule has 1 saturated heterocycles. The van der Waals surface area contributed by atoms with E-state index in [1.807, 2.05) is 0 Å². The number of alkyl halides is 3. The third-order valence-corrected chi connectivity index (χ3v) is 3.29. The lowest BCUT2D eigenvalue weighted by Gasteiger charge is -2.29. The van der Waals surface area contributed by atoms with Crippen LogP contribution in [0, 0.1) is 0 Å². The van der Waals surface area contributed by atoms with Crippen LogP contribution in [0.25, 0.3) is 0 Å². The van der Waals surface area contributed by atoms with Gasteiger partial charge in [-0.3, -0.25) is 4.79 Å². The van der Waals surface area contributed by atoms with Crippen LogP contribution >= 0.6 is 0 Å². The van der Waals surface area contributed by atoms with Gasteiger partial charge in [-0.1, -0.05) is 0 Å². The maximum Gasteiger partial charge on any atom is 0.416 e. The van der Waals surface area contributed by atoms with Gasteiger partial charge in [0.25, 0.3) is 0 Å². The number of rotatable bonds is 3. The maximum atomic E-state index is 12.5. The molecule has 1 aromatic rings. The predicted molar refractivity (Wildman–Crippen MR) is 71.9 cm³/mol. The van der Waals surface area contributed by atoms with Crippen LogP contribution in [0.4, 0.5) is 18.9 Å². The number of hydrogen-bond donors (Lipinski definition) is 1. The lowest BCUT2D eigenvalue weighted by Crippen LogP contribution is -2.46. The summed E-state index contributed by atoms with van der Waals surface area (Å²) in [7, 11) is 0. The molecule has 0 saturated carbocycles. The van der Waals surface area contributed by atoms with E-state index in [0.717, 1.165) is 12.1 Å². The second-order valence-corrected chi connectivity index (χ2v) is 4.88. The Labute approximate surface area is 120 Å². The molecule has 1 unspecified atom stereocenters. The first-order valence-corrected chi connectivity index (χ1v) is 6.68. The van der Waals surface area contributed by atoms with Crippen LogP contribution < -0.4 is 5.32 Å². The van der Waals surface area contributed by atoms with Crippen molar-refractivity contribution in [3.05, 3.63) is 29.8 Å². The summed E-state index contributed by atoms with van der Waals surface area (Å²) in [6.45, 7) is 3.79. The SMILES string of the molecule is CC(Nc1ccc(C(F)(F)F)cc1)C(=O)N1CCOCC1. The molecule has 1 N–H and O–H groups in total. The van der Waals surface area contributed by atoms with Crippen molar-refractivity contribution in [1.82, 2.24) is 4.90 Å². The molecular formula is C14H17F3N2O2. The normalized spacial score (nSPS) is 17.4. The number of amides is 1. The smallest absolute Gasteiger partial charge is 0.378 e. The van der Waals surface area contributed by atoms with Crippen LogP contribution in [0.2, 0.25) is 0 Å². The third-order valence-electron chi connectivity index (χ3n) is 3.29. The van der Waals surface area contributed by atoms with Crippen LogP contribution in [0.3, 0.4) is 0 Å². The average molecular weight is 302 g/mol. The summed E-state index contributed by atoms with van der Waals surface area (Å²) in [5, 5.41) is 2.92. The number of benzene rings is 1. The van der Waals surface area contributed by atoms with Crippen molar-refractivity contribution in [2.24, 2.45) is 0 Å². The van der Waals surface area contributed by atoms with E-state index in [1.165, 1.54) is 12.1 Å². The number of nitrogens with zero attached hydrogens (tertiary/aromatic N) is 1. The van der Waals surface area contributed by atoms with Gasteiger partial charge < -0.3 is 15.0 Å². The summed E-state index contributed by atoms with van der Waals surface area (Å²) in [6.07, 6.45) is -4.35. The topological polar surface area (TPSA) is 41.6 Å². The highest BCUT2D eigenvalue weighted by Crippen LogP contribution is 2.29. The van der Waals surface area contributed by atoms with E-state index >= 15 is 0 Å². The summed E-state index contributed by atoms with van der Waals surface area (Å²) in [4.78, 5) is 13.8. The largest absolute Gasteiger partial charge is 0.416 e. The second-order valence-electron chi connectivity index (χ2n) is 4.88. The highest BCUT2D eigenvalue weighted by atomic mass is 19.4. The first kappa shape index (κ1) is 15.6. The zero-order chi connectivity index (χ0) is 15.5. The molecule has 1 aromatic carbocycles. The molecule has 7 heteroatoms. The first-order valence-electron chi connectivity index (χ1n) is 6.68. The number of morpholine rings is 1. The lowest BCUT2D eigenvalue weighted by molar-refractivity contribution is -0.137.